The Bertz CT molecular complexity index is 406. The fourth-order valence-corrected chi connectivity index (χ4v) is 1.13. The quantitative estimate of drug-likeness (QED) is 0.483. The third-order valence-corrected chi connectivity index (χ3v) is 2.03. The van der Waals surface area contributed by atoms with Crippen molar-refractivity contribution in [2.24, 2.45) is 0 Å². The molecule has 0 unspecified atom stereocenters. The molecule has 1 aromatic rings. The molecule has 110 valence electrons. The predicted molar refractivity (Wildman–Crippen MR) is 88.7 cm³/mol. The Morgan fingerprint density at radius 3 is 1.70 bits per heavy atom. The van der Waals surface area contributed by atoms with Crippen LogP contribution in [0.1, 0.15) is 18.5 Å². The Kier molecular flexibility index (Phi) is 15.6. The van der Waals surface area contributed by atoms with Gasteiger partial charge in [-0.3, -0.25) is 0 Å². The van der Waals surface area contributed by atoms with Crippen molar-refractivity contribution in [1.29, 1.82) is 0 Å². The smallest absolute Gasteiger partial charge is 0.245 e. The molecule has 2 rings (SSSR count). The van der Waals surface area contributed by atoms with Crippen LogP contribution < -0.4 is 0 Å². The summed E-state index contributed by atoms with van der Waals surface area (Å²) in [5.74, 6) is 0. The predicted octanol–water partition coefficient (Wildman–Crippen LogP) is 5.34. The van der Waals surface area contributed by atoms with Gasteiger partial charge in [-0.2, -0.15) is 0 Å². The molecule has 2 radical (unpaired) electrons. The second-order valence-corrected chi connectivity index (χ2v) is 7.20. The molecule has 0 saturated carbocycles. The van der Waals surface area contributed by atoms with Crippen molar-refractivity contribution in [2.45, 2.75) is 13.0 Å². The van der Waals surface area contributed by atoms with E-state index in [1.807, 2.05) is 68.0 Å². The Hall–Kier alpha value is -0.874. The fourth-order valence-electron chi connectivity index (χ4n) is 1.13. The van der Waals surface area contributed by atoms with E-state index in [0.29, 0.717) is 7.92 Å². The molecule has 1 nitrogen and oxygen atoms in total. The van der Waals surface area contributed by atoms with Crippen LogP contribution in [0.5, 0.6) is 0 Å². The second-order valence-electron chi connectivity index (χ2n) is 4.52. The fraction of sp³-hybridized carbons (Fsp3) is 0.294. The van der Waals surface area contributed by atoms with E-state index < -0.39 is 0 Å². The van der Waals surface area contributed by atoms with Crippen molar-refractivity contribution >= 4 is 7.92 Å². The van der Waals surface area contributed by atoms with Crippen LogP contribution in [0, 0.1) is 13.0 Å². The van der Waals surface area contributed by atoms with Crippen molar-refractivity contribution in [3.8, 4) is 0 Å². The number of nitrogens with zero attached hydrogens (tertiary/aromatic N) is 1. The van der Waals surface area contributed by atoms with Gasteiger partial charge in [-0.05, 0) is 20.0 Å². The Labute approximate surface area is 135 Å². The molecular weight excluding hydrogens is 308 g/mol. The average Bonchev–Trinajstić information content (AvgIpc) is 2.97. The zero-order chi connectivity index (χ0) is 14.5. The van der Waals surface area contributed by atoms with Crippen LogP contribution in [0.3, 0.4) is 0 Å². The van der Waals surface area contributed by atoms with Crippen LogP contribution in [0.25, 0.3) is 4.85 Å². The topological polar surface area (TPSA) is 4.36 Å². The summed E-state index contributed by atoms with van der Waals surface area (Å²) in [6.45, 7) is 15.4. The van der Waals surface area contributed by atoms with Gasteiger partial charge < -0.3 is 4.85 Å². The molecule has 0 saturated heterocycles. The van der Waals surface area contributed by atoms with Crippen molar-refractivity contribution in [3.05, 3.63) is 78.0 Å². The van der Waals surface area contributed by atoms with E-state index in [0.717, 1.165) is 5.56 Å². The number of allylic oxidation sites excluding steroid dienone is 4. The maximum atomic E-state index is 6.77. The van der Waals surface area contributed by atoms with Gasteiger partial charge in [0.1, 0.15) is 0 Å². The molecule has 20 heavy (non-hydrogen) atoms. The van der Waals surface area contributed by atoms with E-state index >= 15 is 0 Å². The summed E-state index contributed by atoms with van der Waals surface area (Å²) >= 11 is 0. The summed E-state index contributed by atoms with van der Waals surface area (Å²) in [4.78, 5) is 3.41. The zero-order valence-electron chi connectivity index (χ0n) is 12.6. The van der Waals surface area contributed by atoms with Crippen molar-refractivity contribution < 1.29 is 16.8 Å². The van der Waals surface area contributed by atoms with Crippen LogP contribution in [0.4, 0.5) is 0 Å². The van der Waals surface area contributed by atoms with Gasteiger partial charge in [0.15, 0.2) is 0 Å². The minimum absolute atomic E-state index is 0. The van der Waals surface area contributed by atoms with Crippen LogP contribution >= 0.6 is 7.92 Å². The minimum atomic E-state index is 0. The molecule has 1 aromatic carbocycles. The van der Waals surface area contributed by atoms with Crippen LogP contribution in [0.2, 0.25) is 0 Å². The maximum Gasteiger partial charge on any atom is 0.245 e. The van der Waals surface area contributed by atoms with Gasteiger partial charge >= 0.3 is 0 Å². The maximum absolute atomic E-state index is 6.77. The molecule has 0 amide bonds. The first-order chi connectivity index (χ1) is 9.07. The molecule has 0 aromatic heterocycles. The molecule has 3 heteroatoms. The van der Waals surface area contributed by atoms with Crippen LogP contribution in [0.15, 0.2) is 54.6 Å². The average molecular weight is 331 g/mol. The van der Waals surface area contributed by atoms with E-state index in [-0.39, 0.29) is 22.8 Å². The van der Waals surface area contributed by atoms with Crippen molar-refractivity contribution in [2.75, 3.05) is 20.0 Å². The monoisotopic (exact) mass is 331 g/mol. The first-order valence-electron chi connectivity index (χ1n) is 6.27. The zero-order valence-corrected chi connectivity index (χ0v) is 14.5. The SMILES string of the molecule is CP(C)C.[C-]#[N+][C@@H](C)c1ccccc1.[CH]1C=CC=C1.[Co]. The van der Waals surface area contributed by atoms with E-state index in [2.05, 4.69) is 24.8 Å². The molecule has 0 aliphatic heterocycles. The standard InChI is InChI=1S/C9H9N.C5H5.C3H9P.Co/c1-8(10-2)9-6-4-3-5-7-9;1-2-4-5-3-1;1-4(2)3;/h3-8H,1H3;1-5H;1-3H3;/t8-;;;/m0.../s1. The van der Waals surface area contributed by atoms with E-state index in [1.54, 1.807) is 0 Å². The number of benzene rings is 1. The third kappa shape index (κ3) is 13.6. The molecule has 1 aliphatic carbocycles. The van der Waals surface area contributed by atoms with E-state index in [1.165, 1.54) is 0 Å². The molecule has 0 fully saturated rings. The van der Waals surface area contributed by atoms with Gasteiger partial charge in [0, 0.05) is 35.7 Å². The Morgan fingerprint density at radius 1 is 0.950 bits per heavy atom. The van der Waals surface area contributed by atoms with Gasteiger partial charge in [-0.25, -0.2) is 6.57 Å². The second kappa shape index (κ2) is 14.5. The summed E-state index contributed by atoms with van der Waals surface area (Å²) in [7, 11) is 0.380. The van der Waals surface area contributed by atoms with Crippen molar-refractivity contribution in [3.63, 3.8) is 0 Å². The normalized spacial score (nSPS) is 12.2. The molecule has 0 spiro atoms. The molecule has 1 aliphatic rings. The Balaban J connectivity index is 0. The first kappa shape index (κ1) is 21.4. The summed E-state index contributed by atoms with van der Waals surface area (Å²) < 4.78 is 0. The van der Waals surface area contributed by atoms with Gasteiger partial charge in [-0.1, -0.05) is 54.6 Å². The van der Waals surface area contributed by atoms with E-state index in [9.17, 15) is 0 Å². The summed E-state index contributed by atoms with van der Waals surface area (Å²) in [5.41, 5.74) is 1.09. The van der Waals surface area contributed by atoms with Crippen LogP contribution in [-0.4, -0.2) is 20.0 Å². The molecule has 0 bridgehead atoms. The molecule has 0 heterocycles. The van der Waals surface area contributed by atoms with Crippen molar-refractivity contribution in [1.82, 2.24) is 0 Å². The number of hydrogen-bond acceptors (Lipinski definition) is 0. The summed E-state index contributed by atoms with van der Waals surface area (Å²) in [6, 6.07) is 9.82. The molecule has 0 N–H and O–H groups in total. The first-order valence-corrected chi connectivity index (χ1v) is 8.95. The summed E-state index contributed by atoms with van der Waals surface area (Å²) in [6.07, 6.45) is 10.0. The van der Waals surface area contributed by atoms with Gasteiger partial charge in [0.25, 0.3) is 0 Å². The number of rotatable bonds is 1. The minimum Gasteiger partial charge on any atom is -0.309 e. The van der Waals surface area contributed by atoms with Crippen LogP contribution in [-0.2, 0) is 16.8 Å². The number of hydrogen-bond donors (Lipinski definition) is 0. The third-order valence-electron chi connectivity index (χ3n) is 2.03. The Morgan fingerprint density at radius 2 is 1.40 bits per heavy atom. The molecular formula is C17H23CoNP. The largest absolute Gasteiger partial charge is 0.309 e. The van der Waals surface area contributed by atoms with Gasteiger partial charge in [0.05, 0.1) is 0 Å². The summed E-state index contributed by atoms with van der Waals surface area (Å²) in [5, 5.41) is 0. The van der Waals surface area contributed by atoms with E-state index in [4.69, 9.17) is 6.57 Å². The molecule has 1 atom stereocenters. The van der Waals surface area contributed by atoms with Gasteiger partial charge in [-0.15, -0.1) is 7.92 Å². The van der Waals surface area contributed by atoms with Gasteiger partial charge in [0.2, 0.25) is 6.04 Å².